The number of hydrogen-bond acceptors (Lipinski definition) is 2. The Balaban J connectivity index is 3.78. The third kappa shape index (κ3) is 5.13. The van der Waals surface area contributed by atoms with E-state index in [1.165, 1.54) is 0 Å². The molecule has 3 heteroatoms. The van der Waals surface area contributed by atoms with Gasteiger partial charge in [0.25, 0.3) is 0 Å². The highest BCUT2D eigenvalue weighted by atomic mass is 28.4. The van der Waals surface area contributed by atoms with E-state index in [2.05, 4.69) is 53.0 Å². The molecular weight excluding hydrogens is 190 g/mol. The maximum absolute atomic E-state index is 5.97. The van der Waals surface area contributed by atoms with Crippen molar-refractivity contribution in [1.29, 1.82) is 0 Å². The van der Waals surface area contributed by atoms with Crippen LogP contribution in [0.4, 0.5) is 0 Å². The van der Waals surface area contributed by atoms with Crippen LogP contribution in [0.2, 0.25) is 18.1 Å². The van der Waals surface area contributed by atoms with Crippen molar-refractivity contribution >= 4 is 8.32 Å². The van der Waals surface area contributed by atoms with Crippen molar-refractivity contribution in [3.8, 4) is 0 Å². The quantitative estimate of drug-likeness (QED) is 0.434. The molecule has 0 aromatic heterocycles. The van der Waals surface area contributed by atoms with Crippen LogP contribution in [0.1, 0.15) is 34.6 Å². The van der Waals surface area contributed by atoms with E-state index < -0.39 is 8.32 Å². The number of nitrogens with one attached hydrogen (secondary N) is 1. The van der Waals surface area contributed by atoms with E-state index in [0.717, 1.165) is 6.54 Å². The van der Waals surface area contributed by atoms with Gasteiger partial charge >= 0.3 is 0 Å². The third-order valence-corrected chi connectivity index (χ3v) is 7.37. The third-order valence-electron chi connectivity index (χ3n) is 2.89. The van der Waals surface area contributed by atoms with Crippen LogP contribution in [-0.2, 0) is 4.43 Å². The van der Waals surface area contributed by atoms with Gasteiger partial charge in [-0.1, -0.05) is 34.6 Å². The maximum Gasteiger partial charge on any atom is 0.193 e. The van der Waals surface area contributed by atoms with Gasteiger partial charge in [-0.25, -0.2) is 0 Å². The van der Waals surface area contributed by atoms with E-state index in [1.54, 1.807) is 0 Å². The molecule has 0 saturated carbocycles. The summed E-state index contributed by atoms with van der Waals surface area (Å²) in [5, 5.41) is 3.64. The fourth-order valence-electron chi connectivity index (χ4n) is 0.796. The summed E-state index contributed by atoms with van der Waals surface area (Å²) < 4.78 is 5.97. The minimum absolute atomic E-state index is 0.312. The molecule has 14 heavy (non-hydrogen) atoms. The van der Waals surface area contributed by atoms with Gasteiger partial charge < -0.3 is 4.43 Å². The molecule has 0 aliphatic rings. The minimum Gasteiger partial charge on any atom is -0.404 e. The van der Waals surface area contributed by atoms with Gasteiger partial charge in [0.15, 0.2) is 8.32 Å². The zero-order valence-corrected chi connectivity index (χ0v) is 11.9. The van der Waals surface area contributed by atoms with Crippen molar-refractivity contribution in [2.75, 3.05) is 13.3 Å². The summed E-state index contributed by atoms with van der Waals surface area (Å²) in [5.74, 6) is 0.693. The highest BCUT2D eigenvalue weighted by Gasteiger charge is 2.36. The van der Waals surface area contributed by atoms with Gasteiger partial charge in [-0.2, -0.15) is 0 Å². The van der Waals surface area contributed by atoms with Gasteiger partial charge in [0, 0.05) is 0 Å². The molecule has 0 aliphatic carbocycles. The molecule has 0 aromatic carbocycles. The maximum atomic E-state index is 5.97. The minimum atomic E-state index is -1.54. The first kappa shape index (κ1) is 14.1. The van der Waals surface area contributed by atoms with E-state index in [0.29, 0.717) is 17.7 Å². The second-order valence-electron chi connectivity index (χ2n) is 5.90. The molecule has 0 radical (unpaired) electrons. The Morgan fingerprint density at radius 1 is 1.21 bits per heavy atom. The average molecular weight is 217 g/mol. The molecule has 0 bridgehead atoms. The Bertz CT molecular complexity index is 161. The molecule has 2 nitrogen and oxygen atoms in total. The highest BCUT2D eigenvalue weighted by molar-refractivity contribution is 6.74. The van der Waals surface area contributed by atoms with Crippen LogP contribution in [0, 0.1) is 5.92 Å². The molecular formula is C11H27NOSi. The standard InChI is InChI=1S/C11H27NOSi/c1-10(2)8-12-9-13-14(6,7)11(3,4)5/h10,12H,8-9H2,1-7H3. The topological polar surface area (TPSA) is 21.3 Å². The van der Waals surface area contributed by atoms with Crippen molar-refractivity contribution in [3.05, 3.63) is 0 Å². The second kappa shape index (κ2) is 5.28. The van der Waals surface area contributed by atoms with E-state index >= 15 is 0 Å². The Morgan fingerprint density at radius 2 is 1.71 bits per heavy atom. The average Bonchev–Trinajstić information content (AvgIpc) is 1.95. The van der Waals surface area contributed by atoms with Crippen molar-refractivity contribution in [2.24, 2.45) is 5.92 Å². The molecule has 0 saturated heterocycles. The van der Waals surface area contributed by atoms with Crippen molar-refractivity contribution in [2.45, 2.75) is 52.8 Å². The largest absolute Gasteiger partial charge is 0.404 e. The fourth-order valence-corrected chi connectivity index (χ4v) is 1.69. The van der Waals surface area contributed by atoms with E-state index in [-0.39, 0.29) is 0 Å². The predicted molar refractivity (Wildman–Crippen MR) is 66.0 cm³/mol. The fraction of sp³-hybridized carbons (Fsp3) is 1.00. The molecule has 86 valence electrons. The van der Waals surface area contributed by atoms with Gasteiger partial charge in [-0.05, 0) is 30.6 Å². The number of rotatable bonds is 5. The van der Waals surface area contributed by atoms with Crippen molar-refractivity contribution in [1.82, 2.24) is 5.32 Å². The summed E-state index contributed by atoms with van der Waals surface area (Å²) in [6.07, 6.45) is 0. The predicted octanol–water partition coefficient (Wildman–Crippen LogP) is 3.21. The lowest BCUT2D eigenvalue weighted by Crippen LogP contribution is -2.43. The van der Waals surface area contributed by atoms with E-state index in [1.807, 2.05) is 0 Å². The lowest BCUT2D eigenvalue weighted by molar-refractivity contribution is 0.252. The molecule has 0 atom stereocenters. The van der Waals surface area contributed by atoms with Crippen LogP contribution in [0.15, 0.2) is 0 Å². The van der Waals surface area contributed by atoms with Gasteiger partial charge in [0.1, 0.15) is 0 Å². The van der Waals surface area contributed by atoms with Crippen LogP contribution < -0.4 is 5.32 Å². The molecule has 0 amide bonds. The summed E-state index contributed by atoms with van der Waals surface area (Å²) in [4.78, 5) is 0. The Hall–Kier alpha value is 0.137. The molecule has 0 unspecified atom stereocenters. The molecule has 0 spiro atoms. The first-order valence-corrected chi connectivity index (χ1v) is 8.42. The van der Waals surface area contributed by atoms with E-state index in [4.69, 9.17) is 4.43 Å². The number of hydrogen-bond donors (Lipinski definition) is 1. The molecule has 0 rings (SSSR count). The zero-order valence-electron chi connectivity index (χ0n) is 10.9. The molecule has 1 N–H and O–H groups in total. The lowest BCUT2D eigenvalue weighted by atomic mass is 10.2. The first-order valence-electron chi connectivity index (χ1n) is 5.51. The lowest BCUT2D eigenvalue weighted by Gasteiger charge is -2.36. The Labute approximate surface area is 90.6 Å². The van der Waals surface area contributed by atoms with Crippen LogP contribution in [0.5, 0.6) is 0 Å². The normalized spacial score (nSPS) is 13.7. The smallest absolute Gasteiger partial charge is 0.193 e. The monoisotopic (exact) mass is 217 g/mol. The van der Waals surface area contributed by atoms with Crippen molar-refractivity contribution in [3.63, 3.8) is 0 Å². The molecule has 0 heterocycles. The van der Waals surface area contributed by atoms with Crippen LogP contribution >= 0.6 is 0 Å². The van der Waals surface area contributed by atoms with Gasteiger partial charge in [0.2, 0.25) is 0 Å². The van der Waals surface area contributed by atoms with Crippen LogP contribution in [0.25, 0.3) is 0 Å². The zero-order chi connectivity index (χ0) is 11.4. The summed E-state index contributed by atoms with van der Waals surface area (Å²) in [6.45, 7) is 17.5. The summed E-state index contributed by atoms with van der Waals surface area (Å²) in [7, 11) is -1.54. The summed E-state index contributed by atoms with van der Waals surface area (Å²) >= 11 is 0. The Morgan fingerprint density at radius 3 is 2.07 bits per heavy atom. The van der Waals surface area contributed by atoms with E-state index in [9.17, 15) is 0 Å². The SMILES string of the molecule is CC(C)CNCO[Si](C)(C)C(C)(C)C. The summed E-state index contributed by atoms with van der Waals surface area (Å²) in [5.41, 5.74) is 0. The summed E-state index contributed by atoms with van der Waals surface area (Å²) in [6, 6.07) is 0. The highest BCUT2D eigenvalue weighted by Crippen LogP contribution is 2.36. The van der Waals surface area contributed by atoms with Gasteiger partial charge in [-0.3, -0.25) is 5.32 Å². The van der Waals surface area contributed by atoms with Crippen LogP contribution in [0.3, 0.4) is 0 Å². The van der Waals surface area contributed by atoms with Crippen molar-refractivity contribution < 1.29 is 4.43 Å². The first-order chi connectivity index (χ1) is 6.17. The Kier molecular flexibility index (Phi) is 5.34. The van der Waals surface area contributed by atoms with Gasteiger partial charge in [-0.15, -0.1) is 0 Å². The second-order valence-corrected chi connectivity index (χ2v) is 10.7. The molecule has 0 aliphatic heterocycles. The van der Waals surface area contributed by atoms with Gasteiger partial charge in [0.05, 0.1) is 6.73 Å². The molecule has 0 aromatic rings. The molecule has 0 fully saturated rings. The van der Waals surface area contributed by atoms with Crippen LogP contribution in [-0.4, -0.2) is 21.6 Å².